The summed E-state index contributed by atoms with van der Waals surface area (Å²) in [5, 5.41) is 5.33. The summed E-state index contributed by atoms with van der Waals surface area (Å²) in [7, 11) is -3.11. The van der Waals surface area contributed by atoms with Crippen molar-refractivity contribution in [1.82, 2.24) is 4.98 Å². The number of benzene rings is 2. The van der Waals surface area contributed by atoms with E-state index in [4.69, 9.17) is 0 Å². The first kappa shape index (κ1) is 23.2. The maximum atomic E-state index is 12.6. The highest BCUT2D eigenvalue weighted by Gasteiger charge is 2.15. The predicted octanol–water partition coefficient (Wildman–Crippen LogP) is 5.85. The number of hydrogen-bond donors (Lipinski definition) is 1. The molecule has 1 amide bonds. The van der Waals surface area contributed by atoms with E-state index < -0.39 is 9.84 Å². The van der Waals surface area contributed by atoms with Crippen LogP contribution in [0.5, 0.6) is 0 Å². The smallest absolute Gasteiger partial charge is 0.257 e. The van der Waals surface area contributed by atoms with Gasteiger partial charge in [-0.3, -0.25) is 10.1 Å². The van der Waals surface area contributed by atoms with Crippen LogP contribution in [-0.2, 0) is 15.6 Å². The van der Waals surface area contributed by atoms with E-state index in [0.29, 0.717) is 28.1 Å². The van der Waals surface area contributed by atoms with Crippen molar-refractivity contribution in [2.75, 3.05) is 11.6 Å². The average Bonchev–Trinajstić information content (AvgIpc) is 3.15. The van der Waals surface area contributed by atoms with E-state index in [0.717, 1.165) is 11.3 Å². The van der Waals surface area contributed by atoms with Gasteiger partial charge in [0.1, 0.15) is 0 Å². The van der Waals surface area contributed by atoms with Crippen LogP contribution < -0.4 is 5.32 Å². The fourth-order valence-corrected chi connectivity index (χ4v) is 4.83. The Labute approximate surface area is 188 Å². The molecule has 0 saturated heterocycles. The van der Waals surface area contributed by atoms with E-state index in [1.807, 2.05) is 5.38 Å². The van der Waals surface area contributed by atoms with Crippen molar-refractivity contribution in [3.63, 3.8) is 0 Å². The molecular formula is C24H28N2O3S2. The molecule has 0 spiro atoms. The summed E-state index contributed by atoms with van der Waals surface area (Å²) >= 11 is 1.39. The van der Waals surface area contributed by atoms with Crippen LogP contribution in [0.1, 0.15) is 66.6 Å². The standard InChI is InChI=1S/C24H28N2O3S2/c1-15(2)19-10-11-20(21(12-19)16(3)4)22-13-30-24(25-22)26-23(27)18-8-6-17(7-9-18)14-31(5,28)29/h6-13,15-16H,14H2,1-5H3,(H,25,26,27). The van der Waals surface area contributed by atoms with Crippen LogP contribution in [0.4, 0.5) is 5.13 Å². The van der Waals surface area contributed by atoms with Gasteiger partial charge in [0.05, 0.1) is 11.4 Å². The summed E-state index contributed by atoms with van der Waals surface area (Å²) in [6, 6.07) is 13.1. The van der Waals surface area contributed by atoms with Crippen molar-refractivity contribution in [3.8, 4) is 11.3 Å². The van der Waals surface area contributed by atoms with E-state index in [2.05, 4.69) is 56.2 Å². The second-order valence-electron chi connectivity index (χ2n) is 8.42. The first-order valence-corrected chi connectivity index (χ1v) is 13.1. The van der Waals surface area contributed by atoms with Gasteiger partial charge < -0.3 is 0 Å². The van der Waals surface area contributed by atoms with Crippen LogP contribution >= 0.6 is 11.3 Å². The number of hydrogen-bond acceptors (Lipinski definition) is 5. The number of amides is 1. The fraction of sp³-hybridized carbons (Fsp3) is 0.333. The third-order valence-electron chi connectivity index (χ3n) is 5.01. The van der Waals surface area contributed by atoms with Gasteiger partial charge in [-0.2, -0.15) is 0 Å². The van der Waals surface area contributed by atoms with Crippen molar-refractivity contribution in [2.45, 2.75) is 45.3 Å². The molecule has 3 aromatic rings. The minimum atomic E-state index is -3.11. The lowest BCUT2D eigenvalue weighted by atomic mass is 9.90. The van der Waals surface area contributed by atoms with Crippen LogP contribution in [0, 0.1) is 0 Å². The van der Waals surface area contributed by atoms with Gasteiger partial charge >= 0.3 is 0 Å². The lowest BCUT2D eigenvalue weighted by Gasteiger charge is -2.15. The number of carbonyl (C=O) groups is 1. The topological polar surface area (TPSA) is 76.1 Å². The van der Waals surface area contributed by atoms with Crippen LogP contribution in [0.3, 0.4) is 0 Å². The van der Waals surface area contributed by atoms with E-state index in [1.165, 1.54) is 28.7 Å². The van der Waals surface area contributed by atoms with Crippen LogP contribution in [0.25, 0.3) is 11.3 Å². The molecule has 5 nitrogen and oxygen atoms in total. The number of nitrogens with zero attached hydrogens (tertiary/aromatic N) is 1. The van der Waals surface area contributed by atoms with Gasteiger partial charge in [0.15, 0.2) is 15.0 Å². The normalized spacial score (nSPS) is 11.8. The highest BCUT2D eigenvalue weighted by Crippen LogP contribution is 2.33. The second-order valence-corrected chi connectivity index (χ2v) is 11.4. The van der Waals surface area contributed by atoms with Crippen molar-refractivity contribution >= 4 is 32.2 Å². The highest BCUT2D eigenvalue weighted by molar-refractivity contribution is 7.89. The van der Waals surface area contributed by atoms with Crippen LogP contribution in [0.15, 0.2) is 47.8 Å². The van der Waals surface area contributed by atoms with Gasteiger partial charge in [-0.25, -0.2) is 13.4 Å². The molecule has 1 N–H and O–H groups in total. The Morgan fingerprint density at radius 2 is 1.71 bits per heavy atom. The summed E-state index contributed by atoms with van der Waals surface area (Å²) in [6.45, 7) is 8.71. The number of rotatable bonds is 7. The van der Waals surface area contributed by atoms with Gasteiger partial charge in [0.2, 0.25) is 0 Å². The largest absolute Gasteiger partial charge is 0.298 e. The Balaban J connectivity index is 1.78. The second kappa shape index (κ2) is 9.32. The Kier molecular flexibility index (Phi) is 6.96. The zero-order chi connectivity index (χ0) is 22.8. The molecule has 0 unspecified atom stereocenters. The fourth-order valence-electron chi connectivity index (χ4n) is 3.33. The minimum Gasteiger partial charge on any atom is -0.298 e. The number of aromatic nitrogens is 1. The third-order valence-corrected chi connectivity index (χ3v) is 6.63. The zero-order valence-electron chi connectivity index (χ0n) is 18.5. The molecule has 0 saturated carbocycles. The van der Waals surface area contributed by atoms with Crippen LogP contribution in [-0.4, -0.2) is 25.6 Å². The van der Waals surface area contributed by atoms with E-state index in [9.17, 15) is 13.2 Å². The lowest BCUT2D eigenvalue weighted by molar-refractivity contribution is 0.102. The molecule has 164 valence electrons. The number of anilines is 1. The van der Waals surface area contributed by atoms with Crippen molar-refractivity contribution in [2.24, 2.45) is 0 Å². The number of nitrogens with one attached hydrogen (secondary N) is 1. The number of thiazole rings is 1. The molecule has 3 rings (SSSR count). The summed E-state index contributed by atoms with van der Waals surface area (Å²) < 4.78 is 22.8. The molecule has 0 fully saturated rings. The Morgan fingerprint density at radius 3 is 2.29 bits per heavy atom. The first-order valence-electron chi connectivity index (χ1n) is 10.2. The predicted molar refractivity (Wildman–Crippen MR) is 129 cm³/mol. The van der Waals surface area contributed by atoms with E-state index >= 15 is 0 Å². The van der Waals surface area contributed by atoms with Crippen LogP contribution in [0.2, 0.25) is 0 Å². The number of sulfone groups is 1. The van der Waals surface area contributed by atoms with Gasteiger partial charge in [-0.15, -0.1) is 11.3 Å². The Bertz CT molecular complexity index is 1180. The van der Waals surface area contributed by atoms with Crippen molar-refractivity contribution in [3.05, 3.63) is 70.1 Å². The molecule has 1 aromatic heterocycles. The molecule has 0 radical (unpaired) electrons. The van der Waals surface area contributed by atoms with Gasteiger partial charge in [0.25, 0.3) is 5.91 Å². The average molecular weight is 457 g/mol. The lowest BCUT2D eigenvalue weighted by Crippen LogP contribution is -2.12. The van der Waals surface area contributed by atoms with Gasteiger partial charge in [-0.1, -0.05) is 58.0 Å². The third kappa shape index (κ3) is 6.02. The summed E-state index contributed by atoms with van der Waals surface area (Å²) in [6.07, 6.45) is 1.19. The molecule has 0 aliphatic rings. The molecule has 31 heavy (non-hydrogen) atoms. The zero-order valence-corrected chi connectivity index (χ0v) is 20.1. The molecule has 7 heteroatoms. The Morgan fingerprint density at radius 1 is 1.03 bits per heavy atom. The quantitative estimate of drug-likeness (QED) is 0.483. The van der Waals surface area contributed by atoms with Crippen molar-refractivity contribution in [1.29, 1.82) is 0 Å². The molecular weight excluding hydrogens is 428 g/mol. The maximum Gasteiger partial charge on any atom is 0.257 e. The highest BCUT2D eigenvalue weighted by atomic mass is 32.2. The summed E-state index contributed by atoms with van der Waals surface area (Å²) in [5.41, 5.74) is 5.59. The molecule has 0 aliphatic carbocycles. The maximum absolute atomic E-state index is 12.6. The molecule has 0 bridgehead atoms. The van der Waals surface area contributed by atoms with E-state index in [1.54, 1.807) is 24.3 Å². The molecule has 0 aliphatic heterocycles. The molecule has 1 heterocycles. The number of carbonyl (C=O) groups excluding carboxylic acids is 1. The Hall–Kier alpha value is -2.51. The summed E-state index contributed by atoms with van der Waals surface area (Å²) in [5.74, 6) is 0.504. The SMILES string of the molecule is CC(C)c1ccc(-c2csc(NC(=O)c3ccc(CS(C)(=O)=O)cc3)n2)c(C(C)C)c1. The van der Waals surface area contributed by atoms with Gasteiger partial charge in [0, 0.05) is 22.8 Å². The first-order chi connectivity index (χ1) is 14.5. The molecule has 2 aromatic carbocycles. The monoisotopic (exact) mass is 456 g/mol. The summed E-state index contributed by atoms with van der Waals surface area (Å²) in [4.78, 5) is 17.2. The van der Waals surface area contributed by atoms with Crippen molar-refractivity contribution < 1.29 is 13.2 Å². The van der Waals surface area contributed by atoms with Gasteiger partial charge in [-0.05, 0) is 40.7 Å². The minimum absolute atomic E-state index is 0.0431. The molecule has 0 atom stereocenters. The van der Waals surface area contributed by atoms with E-state index in [-0.39, 0.29) is 11.7 Å².